The number of hydrogen-bond acceptors (Lipinski definition) is 3. The first-order valence-electron chi connectivity index (χ1n) is 6.16. The Kier molecular flexibility index (Phi) is 4.36. The van der Waals surface area contributed by atoms with Gasteiger partial charge >= 0.3 is 6.03 Å². The number of urea groups is 1. The summed E-state index contributed by atoms with van der Waals surface area (Å²) in [5, 5.41) is 9.46. The van der Waals surface area contributed by atoms with Crippen LogP contribution in [0.5, 0.6) is 0 Å². The van der Waals surface area contributed by atoms with Crippen molar-refractivity contribution in [2.45, 2.75) is 24.6 Å². The summed E-state index contributed by atoms with van der Waals surface area (Å²) in [5.74, 6) is 1.23. The van der Waals surface area contributed by atoms with Crippen LogP contribution in [0.15, 0.2) is 24.3 Å². The van der Waals surface area contributed by atoms with Crippen LogP contribution in [-0.2, 0) is 0 Å². The van der Waals surface area contributed by atoms with E-state index in [2.05, 4.69) is 22.9 Å². The Hall–Kier alpha value is -1.36. The maximum atomic E-state index is 11.1. The fraction of sp³-hybridized carbons (Fsp3) is 0.462. The first kappa shape index (κ1) is 13.1. The average Bonchev–Trinajstić information content (AvgIpc) is 2.77. The van der Waals surface area contributed by atoms with Gasteiger partial charge in [-0.05, 0) is 36.4 Å². The third kappa shape index (κ3) is 3.32. The van der Waals surface area contributed by atoms with Gasteiger partial charge in [-0.3, -0.25) is 0 Å². The van der Waals surface area contributed by atoms with Crippen LogP contribution in [0.2, 0.25) is 0 Å². The Labute approximate surface area is 112 Å². The molecule has 1 heterocycles. The van der Waals surface area contributed by atoms with Crippen LogP contribution in [-0.4, -0.2) is 30.1 Å². The summed E-state index contributed by atoms with van der Waals surface area (Å²) < 4.78 is 0. The largest absolute Gasteiger partial charge is 0.381 e. The zero-order chi connectivity index (χ0) is 13.0. The highest BCUT2D eigenvalue weighted by atomic mass is 32.2. The summed E-state index contributed by atoms with van der Waals surface area (Å²) in [7, 11) is 1.60. The molecule has 2 atom stereocenters. The highest BCUT2D eigenvalue weighted by molar-refractivity contribution is 8.00. The minimum Gasteiger partial charge on any atom is -0.381 e. The van der Waals surface area contributed by atoms with Gasteiger partial charge in [-0.1, -0.05) is 6.92 Å². The van der Waals surface area contributed by atoms with E-state index in [4.69, 9.17) is 0 Å². The van der Waals surface area contributed by atoms with E-state index in [1.54, 1.807) is 7.05 Å². The zero-order valence-electron chi connectivity index (χ0n) is 10.7. The molecule has 5 heteroatoms. The number of amides is 2. The summed E-state index contributed by atoms with van der Waals surface area (Å²) in [5.41, 5.74) is 1.91. The Balaban J connectivity index is 1.93. The van der Waals surface area contributed by atoms with Gasteiger partial charge in [0.05, 0.1) is 0 Å². The van der Waals surface area contributed by atoms with Gasteiger partial charge in [0.1, 0.15) is 0 Å². The van der Waals surface area contributed by atoms with Crippen molar-refractivity contribution in [1.82, 2.24) is 5.32 Å². The molecule has 1 aliphatic rings. The number of thioether (sulfide) groups is 1. The van der Waals surface area contributed by atoms with Gasteiger partial charge in [-0.25, -0.2) is 4.79 Å². The van der Waals surface area contributed by atoms with Gasteiger partial charge in [0.25, 0.3) is 0 Å². The molecule has 1 aromatic carbocycles. The highest BCUT2D eigenvalue weighted by Gasteiger charge is 2.23. The fourth-order valence-electron chi connectivity index (χ4n) is 1.98. The predicted molar refractivity (Wildman–Crippen MR) is 78.5 cm³/mol. The molecule has 0 bridgehead atoms. The number of benzene rings is 1. The number of nitrogens with one attached hydrogen (secondary N) is 3. The van der Waals surface area contributed by atoms with Crippen molar-refractivity contribution in [3.8, 4) is 0 Å². The lowest BCUT2D eigenvalue weighted by molar-refractivity contribution is 0.254. The lowest BCUT2D eigenvalue weighted by atomic mass is 10.1. The standard InChI is InChI=1S/C13H19N3OS/c1-9-12(7-8-18-9)15-10-3-5-11(6-4-10)16-13(17)14-2/h3-6,9,12,15H,7-8H2,1-2H3,(H2,14,16,17). The minimum atomic E-state index is -0.198. The van der Waals surface area contributed by atoms with Crippen LogP contribution in [0.1, 0.15) is 13.3 Å². The van der Waals surface area contributed by atoms with E-state index in [0.717, 1.165) is 11.4 Å². The van der Waals surface area contributed by atoms with Crippen molar-refractivity contribution in [3.05, 3.63) is 24.3 Å². The molecular weight excluding hydrogens is 246 g/mol. The molecule has 0 aromatic heterocycles. The summed E-state index contributed by atoms with van der Waals surface area (Å²) >= 11 is 2.01. The maximum absolute atomic E-state index is 11.1. The fourth-order valence-corrected chi connectivity index (χ4v) is 3.18. The first-order chi connectivity index (χ1) is 8.69. The number of anilines is 2. The number of hydrogen-bond donors (Lipinski definition) is 3. The van der Waals surface area contributed by atoms with Gasteiger partial charge in [0.2, 0.25) is 0 Å². The Morgan fingerprint density at radius 2 is 1.94 bits per heavy atom. The normalized spacial score (nSPS) is 22.6. The van der Waals surface area contributed by atoms with Crippen LogP contribution in [0.3, 0.4) is 0 Å². The average molecular weight is 265 g/mol. The van der Waals surface area contributed by atoms with E-state index < -0.39 is 0 Å². The topological polar surface area (TPSA) is 53.2 Å². The van der Waals surface area contributed by atoms with E-state index in [9.17, 15) is 4.79 Å². The van der Waals surface area contributed by atoms with E-state index in [0.29, 0.717) is 11.3 Å². The molecule has 1 saturated heterocycles. The van der Waals surface area contributed by atoms with Crippen molar-refractivity contribution >= 4 is 29.2 Å². The third-order valence-electron chi connectivity index (χ3n) is 3.10. The van der Waals surface area contributed by atoms with Crippen LogP contribution in [0.4, 0.5) is 16.2 Å². The summed E-state index contributed by atoms with van der Waals surface area (Å²) in [4.78, 5) is 11.1. The van der Waals surface area contributed by atoms with Gasteiger partial charge in [-0.2, -0.15) is 11.8 Å². The molecule has 3 N–H and O–H groups in total. The molecule has 18 heavy (non-hydrogen) atoms. The smallest absolute Gasteiger partial charge is 0.318 e. The molecule has 0 radical (unpaired) electrons. The number of rotatable bonds is 3. The van der Waals surface area contributed by atoms with Crippen LogP contribution >= 0.6 is 11.8 Å². The second-order valence-electron chi connectivity index (χ2n) is 4.40. The molecule has 1 aromatic rings. The highest BCUT2D eigenvalue weighted by Crippen LogP contribution is 2.29. The van der Waals surface area contributed by atoms with Gasteiger partial charge in [0, 0.05) is 29.7 Å². The molecule has 2 amide bonds. The van der Waals surface area contributed by atoms with Crippen molar-refractivity contribution < 1.29 is 4.79 Å². The Morgan fingerprint density at radius 3 is 2.50 bits per heavy atom. The van der Waals surface area contributed by atoms with E-state index in [-0.39, 0.29) is 6.03 Å². The van der Waals surface area contributed by atoms with Crippen molar-refractivity contribution in [2.75, 3.05) is 23.4 Å². The summed E-state index contributed by atoms with van der Waals surface area (Å²) in [6.07, 6.45) is 1.21. The molecule has 98 valence electrons. The van der Waals surface area contributed by atoms with Gasteiger partial charge < -0.3 is 16.0 Å². The van der Waals surface area contributed by atoms with E-state index in [1.807, 2.05) is 36.0 Å². The van der Waals surface area contributed by atoms with Crippen molar-refractivity contribution in [2.24, 2.45) is 0 Å². The Bertz CT molecular complexity index is 407. The zero-order valence-corrected chi connectivity index (χ0v) is 11.5. The SMILES string of the molecule is CNC(=O)Nc1ccc(NC2CCSC2C)cc1. The monoisotopic (exact) mass is 265 g/mol. The van der Waals surface area contributed by atoms with Crippen molar-refractivity contribution in [1.29, 1.82) is 0 Å². The van der Waals surface area contributed by atoms with E-state index in [1.165, 1.54) is 12.2 Å². The molecule has 0 aliphatic carbocycles. The second-order valence-corrected chi connectivity index (χ2v) is 5.88. The predicted octanol–water partition coefficient (Wildman–Crippen LogP) is 2.74. The quantitative estimate of drug-likeness (QED) is 0.787. The van der Waals surface area contributed by atoms with Crippen molar-refractivity contribution in [3.63, 3.8) is 0 Å². The van der Waals surface area contributed by atoms with Gasteiger partial charge in [0.15, 0.2) is 0 Å². The molecule has 2 unspecified atom stereocenters. The molecule has 1 fully saturated rings. The number of carbonyl (C=O) groups excluding carboxylic acids is 1. The van der Waals surface area contributed by atoms with Gasteiger partial charge in [-0.15, -0.1) is 0 Å². The van der Waals surface area contributed by atoms with Crippen LogP contribution < -0.4 is 16.0 Å². The van der Waals surface area contributed by atoms with E-state index >= 15 is 0 Å². The lowest BCUT2D eigenvalue weighted by Gasteiger charge is -2.18. The third-order valence-corrected chi connectivity index (χ3v) is 4.42. The first-order valence-corrected chi connectivity index (χ1v) is 7.21. The summed E-state index contributed by atoms with van der Waals surface area (Å²) in [6.45, 7) is 2.26. The molecule has 0 spiro atoms. The molecule has 0 saturated carbocycles. The maximum Gasteiger partial charge on any atom is 0.318 e. The lowest BCUT2D eigenvalue weighted by Crippen LogP contribution is -2.25. The van der Waals surface area contributed by atoms with Crippen LogP contribution in [0.25, 0.3) is 0 Å². The molecule has 4 nitrogen and oxygen atoms in total. The molecule has 1 aliphatic heterocycles. The second kappa shape index (κ2) is 6.00. The summed E-state index contributed by atoms with van der Waals surface area (Å²) in [6, 6.07) is 8.17. The minimum absolute atomic E-state index is 0.198. The molecular formula is C13H19N3OS. The van der Waals surface area contributed by atoms with Crippen LogP contribution in [0, 0.1) is 0 Å². The Morgan fingerprint density at radius 1 is 1.28 bits per heavy atom. The molecule has 2 rings (SSSR count). The number of carbonyl (C=O) groups is 1.